The molecule has 0 radical (unpaired) electrons. The first-order valence-electron chi connectivity index (χ1n) is 7.23. The smallest absolute Gasteiger partial charge is 0.258 e. The molecule has 0 saturated heterocycles. The van der Waals surface area contributed by atoms with Gasteiger partial charge in [0.25, 0.3) is 7.11 Å². The Hall–Kier alpha value is -1.71. The van der Waals surface area contributed by atoms with Gasteiger partial charge in [0.2, 0.25) is 0 Å². The lowest BCUT2D eigenvalue weighted by Gasteiger charge is -2.22. The summed E-state index contributed by atoms with van der Waals surface area (Å²) in [4.78, 5) is 5.67. The molecule has 1 nitrogen and oxygen atoms in total. The van der Waals surface area contributed by atoms with Crippen molar-refractivity contribution in [3.63, 3.8) is 0 Å². The van der Waals surface area contributed by atoms with Gasteiger partial charge in [0.05, 0.1) is 20.7 Å². The third-order valence-corrected chi connectivity index (χ3v) is 7.73. The van der Waals surface area contributed by atoms with Crippen LogP contribution >= 0.6 is 11.8 Å². The van der Waals surface area contributed by atoms with Crippen LogP contribution in [-0.2, 0) is 15.3 Å². The number of fused-ring (bicyclic) bond motifs is 2. The van der Waals surface area contributed by atoms with Gasteiger partial charge in [-0.3, -0.25) is 4.42 Å². The Kier molecular flexibility index (Phi) is 3.68. The van der Waals surface area contributed by atoms with Gasteiger partial charge in [-0.05, 0) is 36.4 Å². The first-order valence-corrected chi connectivity index (χ1v) is 9.33. The molecular weight excluding hydrogens is 308 g/mol. The van der Waals surface area contributed by atoms with Crippen molar-refractivity contribution in [2.45, 2.75) is 24.8 Å². The second kappa shape index (κ2) is 5.82. The van der Waals surface area contributed by atoms with Crippen LogP contribution in [0.15, 0.2) is 92.4 Å². The first-order chi connectivity index (χ1) is 10.9. The fourth-order valence-corrected chi connectivity index (χ4v) is 6.73. The highest BCUT2D eigenvalue weighted by Crippen LogP contribution is 2.47. The molecule has 0 bridgehead atoms. The van der Waals surface area contributed by atoms with Gasteiger partial charge in [0, 0.05) is 12.2 Å². The summed E-state index contributed by atoms with van der Waals surface area (Å²) in [5.41, 5.74) is 0. The number of ketones is 1. The Morgan fingerprint density at radius 1 is 0.864 bits per heavy atom. The van der Waals surface area contributed by atoms with Gasteiger partial charge in [-0.25, -0.2) is 0 Å². The zero-order valence-electron chi connectivity index (χ0n) is 12.2. The van der Waals surface area contributed by atoms with Crippen LogP contribution in [0, 0.1) is 0 Å². The van der Waals surface area contributed by atoms with Crippen molar-refractivity contribution in [2.75, 3.05) is 7.11 Å². The summed E-state index contributed by atoms with van der Waals surface area (Å²) < 4.78 is 5.31. The lowest BCUT2D eigenvalue weighted by molar-refractivity contribution is -0.417. The highest BCUT2D eigenvalue weighted by atomic mass is 32.2. The van der Waals surface area contributed by atoms with Crippen molar-refractivity contribution in [1.29, 1.82) is 0 Å². The van der Waals surface area contributed by atoms with Gasteiger partial charge in [0.15, 0.2) is 15.0 Å². The SMILES string of the molecule is C[O+]=C1C=CC([S+]2c3ccccc3Sc3ccccc32)C=C1. The molecule has 1 aliphatic heterocycles. The van der Waals surface area contributed by atoms with E-state index >= 15 is 0 Å². The quantitative estimate of drug-likeness (QED) is 0.707. The maximum absolute atomic E-state index is 5.31. The number of rotatable bonds is 1. The third kappa shape index (κ3) is 2.34. The second-order valence-electron chi connectivity index (χ2n) is 5.12. The monoisotopic (exact) mass is 324 g/mol. The summed E-state index contributed by atoms with van der Waals surface area (Å²) in [7, 11) is 1.76. The second-order valence-corrected chi connectivity index (χ2v) is 8.31. The van der Waals surface area contributed by atoms with Gasteiger partial charge in [-0.15, -0.1) is 0 Å². The largest absolute Gasteiger partial charge is 0.342 e. The van der Waals surface area contributed by atoms with E-state index in [1.165, 1.54) is 19.6 Å². The molecule has 0 amide bonds. The highest BCUT2D eigenvalue weighted by molar-refractivity contribution is 8.04. The molecule has 3 heteroatoms. The van der Waals surface area contributed by atoms with E-state index in [2.05, 4.69) is 72.8 Å². The fraction of sp³-hybridized carbons (Fsp3) is 0.105. The summed E-state index contributed by atoms with van der Waals surface area (Å²) >= 11 is 1.88. The minimum absolute atomic E-state index is 0.0388. The maximum atomic E-state index is 5.31. The Balaban J connectivity index is 1.84. The number of allylic oxidation sites excluding steroid dienone is 2. The Labute approximate surface area is 137 Å². The van der Waals surface area contributed by atoms with Gasteiger partial charge in [0.1, 0.15) is 0 Å². The van der Waals surface area contributed by atoms with Gasteiger partial charge >= 0.3 is 5.78 Å². The van der Waals surface area contributed by atoms with Crippen molar-refractivity contribution in [1.82, 2.24) is 0 Å². The average molecular weight is 324 g/mol. The molecule has 1 aliphatic carbocycles. The number of hydrogen-bond donors (Lipinski definition) is 0. The summed E-state index contributed by atoms with van der Waals surface area (Å²) in [6.07, 6.45) is 8.71. The summed E-state index contributed by atoms with van der Waals surface area (Å²) in [5, 5.41) is 0.391. The first kappa shape index (κ1) is 13.9. The Morgan fingerprint density at radius 3 is 1.95 bits per heavy atom. The van der Waals surface area contributed by atoms with Crippen LogP contribution in [0.5, 0.6) is 0 Å². The molecule has 4 rings (SSSR count). The number of benzene rings is 2. The van der Waals surface area contributed by atoms with Gasteiger partial charge in [-0.2, -0.15) is 0 Å². The predicted octanol–water partition coefficient (Wildman–Crippen LogP) is 4.42. The van der Waals surface area contributed by atoms with E-state index in [1.54, 1.807) is 7.11 Å². The van der Waals surface area contributed by atoms with Crippen molar-refractivity contribution < 1.29 is 4.42 Å². The third-order valence-electron chi connectivity index (χ3n) is 3.80. The lowest BCUT2D eigenvalue weighted by atomic mass is 10.2. The highest BCUT2D eigenvalue weighted by Gasteiger charge is 2.41. The molecule has 2 aromatic carbocycles. The summed E-state index contributed by atoms with van der Waals surface area (Å²) in [6, 6.07) is 17.6. The Bertz CT molecular complexity index is 743. The van der Waals surface area contributed by atoms with E-state index in [-0.39, 0.29) is 10.9 Å². The molecule has 108 valence electrons. The average Bonchev–Trinajstić information content (AvgIpc) is 2.60. The fourth-order valence-electron chi connectivity index (χ4n) is 2.75. The molecule has 22 heavy (non-hydrogen) atoms. The van der Waals surface area contributed by atoms with E-state index in [9.17, 15) is 0 Å². The molecule has 2 aliphatic rings. The molecule has 0 N–H and O–H groups in total. The summed E-state index contributed by atoms with van der Waals surface area (Å²) in [5.74, 6) is 0.924. The molecule has 0 aromatic heterocycles. The molecule has 0 atom stereocenters. The normalized spacial score (nSPS) is 19.7. The van der Waals surface area contributed by atoms with Crippen molar-refractivity contribution in [3.8, 4) is 0 Å². The minimum atomic E-state index is 0.0388. The molecule has 0 spiro atoms. The molecule has 0 fully saturated rings. The van der Waals surface area contributed by atoms with Crippen LogP contribution in [0.25, 0.3) is 0 Å². The van der Waals surface area contributed by atoms with Crippen LogP contribution < -0.4 is 0 Å². The van der Waals surface area contributed by atoms with Crippen molar-refractivity contribution in [3.05, 3.63) is 72.8 Å². The zero-order valence-corrected chi connectivity index (χ0v) is 13.9. The van der Waals surface area contributed by atoms with Crippen molar-refractivity contribution in [2.24, 2.45) is 0 Å². The topological polar surface area (TPSA) is 11.3 Å². The maximum Gasteiger partial charge on any atom is 0.342 e. The lowest BCUT2D eigenvalue weighted by Crippen LogP contribution is -2.23. The number of carbonyl (C=O) groups excluding carboxylic acids is 1. The Morgan fingerprint density at radius 2 is 1.41 bits per heavy atom. The van der Waals surface area contributed by atoms with Crippen molar-refractivity contribution >= 4 is 28.4 Å². The van der Waals surface area contributed by atoms with E-state index in [0.717, 1.165) is 5.78 Å². The van der Waals surface area contributed by atoms with E-state index in [1.807, 2.05) is 11.8 Å². The standard InChI is InChI=1S/C19H16OS2/c1-20-14-10-12-15(13-11-14)22-18-8-4-2-6-16(18)21-17-7-3-5-9-19(17)22/h2-13,15H,1H3/q+2. The van der Waals surface area contributed by atoms with E-state index in [0.29, 0.717) is 5.25 Å². The van der Waals surface area contributed by atoms with E-state index in [4.69, 9.17) is 4.42 Å². The molecule has 2 aromatic rings. The van der Waals surface area contributed by atoms with Crippen LogP contribution in [0.4, 0.5) is 0 Å². The minimum Gasteiger partial charge on any atom is -0.258 e. The van der Waals surface area contributed by atoms with E-state index < -0.39 is 0 Å². The summed E-state index contributed by atoms with van der Waals surface area (Å²) in [6.45, 7) is 0. The molecule has 1 heterocycles. The zero-order chi connectivity index (χ0) is 14.9. The van der Waals surface area contributed by atoms with Crippen LogP contribution in [0.1, 0.15) is 0 Å². The van der Waals surface area contributed by atoms with Gasteiger partial charge < -0.3 is 0 Å². The number of hydrogen-bond acceptors (Lipinski definition) is 1. The van der Waals surface area contributed by atoms with Crippen LogP contribution in [0.2, 0.25) is 0 Å². The van der Waals surface area contributed by atoms with Crippen LogP contribution in [0.3, 0.4) is 0 Å². The van der Waals surface area contributed by atoms with Gasteiger partial charge in [-0.1, -0.05) is 36.0 Å². The van der Waals surface area contributed by atoms with Crippen LogP contribution in [-0.4, -0.2) is 18.1 Å². The molecule has 0 unspecified atom stereocenters. The molecular formula is C19H16OS2+2. The molecule has 0 saturated carbocycles. The predicted molar refractivity (Wildman–Crippen MR) is 93.9 cm³/mol.